The highest BCUT2D eigenvalue weighted by molar-refractivity contribution is 7.90. The average molecular weight is 258 g/mol. The molecule has 0 bridgehead atoms. The molecule has 16 heavy (non-hydrogen) atoms. The summed E-state index contributed by atoms with van der Waals surface area (Å²) >= 11 is 4.71. The van der Waals surface area contributed by atoms with Crippen molar-refractivity contribution in [2.75, 3.05) is 12.0 Å². The molecule has 0 aromatic carbocycles. The van der Waals surface area contributed by atoms with Gasteiger partial charge in [-0.15, -0.1) is 0 Å². The van der Waals surface area contributed by atoms with E-state index in [0.717, 1.165) is 0 Å². The molecular formula is C9H8ClN3O2S. The fraction of sp³-hybridized carbons (Fsp3) is 0.111. The molecule has 2 heterocycles. The number of hydrogen-bond donors (Lipinski definition) is 1. The first-order valence-corrected chi connectivity index (χ1v) is 6.23. The van der Waals surface area contributed by atoms with Crippen LogP contribution in [0.2, 0.25) is 5.02 Å². The number of furan rings is 1. The molecule has 2 aromatic rings. The van der Waals surface area contributed by atoms with E-state index in [1.165, 1.54) is 12.5 Å². The Morgan fingerprint density at radius 3 is 2.81 bits per heavy atom. The van der Waals surface area contributed by atoms with Crippen LogP contribution in [0.5, 0.6) is 0 Å². The lowest BCUT2D eigenvalue weighted by Crippen LogP contribution is -2.07. The topological polar surface area (TPSA) is 88.0 Å². The third kappa shape index (κ3) is 1.99. The number of halogens is 1. The van der Waals surface area contributed by atoms with Crippen LogP contribution in [0.4, 0.5) is 5.95 Å². The first kappa shape index (κ1) is 11.3. The van der Waals surface area contributed by atoms with E-state index in [1.807, 2.05) is 0 Å². The monoisotopic (exact) mass is 257 g/mol. The summed E-state index contributed by atoms with van der Waals surface area (Å²) in [5.41, 5.74) is 5.87. The summed E-state index contributed by atoms with van der Waals surface area (Å²) in [5.74, 6) is 0.479. The van der Waals surface area contributed by atoms with E-state index in [1.54, 1.807) is 12.1 Å². The van der Waals surface area contributed by atoms with Gasteiger partial charge in [0.15, 0.2) is 5.76 Å². The van der Waals surface area contributed by atoms with Crippen LogP contribution in [0.1, 0.15) is 0 Å². The van der Waals surface area contributed by atoms with Crippen LogP contribution in [-0.2, 0) is 11.2 Å². The molecule has 0 fully saturated rings. The SMILES string of the molecule is C[S+]([O-])c1nc(N)nc(-c2ccco2)c1Cl. The maximum absolute atomic E-state index is 11.4. The summed E-state index contributed by atoms with van der Waals surface area (Å²) in [5, 5.41) is 0.408. The summed E-state index contributed by atoms with van der Waals surface area (Å²) in [6.45, 7) is 0. The molecule has 0 saturated carbocycles. The lowest BCUT2D eigenvalue weighted by Gasteiger charge is -2.07. The quantitative estimate of drug-likeness (QED) is 0.654. The molecule has 0 saturated heterocycles. The second-order valence-electron chi connectivity index (χ2n) is 2.98. The molecule has 7 heteroatoms. The van der Waals surface area contributed by atoms with E-state index >= 15 is 0 Å². The predicted molar refractivity (Wildman–Crippen MR) is 61.5 cm³/mol. The number of nitrogens with two attached hydrogens (primary N) is 1. The molecule has 2 aromatic heterocycles. The lowest BCUT2D eigenvalue weighted by molar-refractivity contribution is 0.579. The van der Waals surface area contributed by atoms with Crippen LogP contribution < -0.4 is 5.73 Å². The highest BCUT2D eigenvalue weighted by Crippen LogP contribution is 2.31. The van der Waals surface area contributed by atoms with Gasteiger partial charge in [0, 0.05) is 11.2 Å². The van der Waals surface area contributed by atoms with Crippen molar-refractivity contribution in [1.82, 2.24) is 9.97 Å². The number of nitrogen functional groups attached to an aromatic ring is 1. The van der Waals surface area contributed by atoms with Crippen molar-refractivity contribution >= 4 is 28.7 Å². The Bertz CT molecular complexity index is 502. The van der Waals surface area contributed by atoms with Gasteiger partial charge >= 0.3 is 0 Å². The van der Waals surface area contributed by atoms with Gasteiger partial charge in [0.25, 0.3) is 5.03 Å². The van der Waals surface area contributed by atoms with Crippen molar-refractivity contribution in [2.45, 2.75) is 5.03 Å². The standard InChI is InChI=1S/C9H8ClN3O2S/c1-16(14)8-6(10)7(12-9(11)13-8)5-3-2-4-15-5/h2-4H,1H3,(H2,11,12,13). The zero-order valence-corrected chi connectivity index (χ0v) is 9.88. The van der Waals surface area contributed by atoms with Crippen molar-refractivity contribution in [2.24, 2.45) is 0 Å². The van der Waals surface area contributed by atoms with E-state index in [9.17, 15) is 4.55 Å². The highest BCUT2D eigenvalue weighted by Gasteiger charge is 2.21. The van der Waals surface area contributed by atoms with E-state index in [-0.39, 0.29) is 16.0 Å². The fourth-order valence-corrected chi connectivity index (χ4v) is 2.28. The molecule has 0 aliphatic rings. The van der Waals surface area contributed by atoms with Crippen LogP contribution >= 0.6 is 11.6 Å². The molecule has 2 N–H and O–H groups in total. The summed E-state index contributed by atoms with van der Waals surface area (Å²) < 4.78 is 16.6. The lowest BCUT2D eigenvalue weighted by atomic mass is 10.3. The molecule has 1 atom stereocenters. The number of anilines is 1. The second kappa shape index (κ2) is 4.32. The van der Waals surface area contributed by atoms with E-state index in [2.05, 4.69) is 9.97 Å². The molecule has 5 nitrogen and oxygen atoms in total. The van der Waals surface area contributed by atoms with Crippen LogP contribution in [-0.4, -0.2) is 20.8 Å². The second-order valence-corrected chi connectivity index (χ2v) is 4.65. The minimum absolute atomic E-state index is 0.0148. The van der Waals surface area contributed by atoms with Crippen molar-refractivity contribution in [3.05, 3.63) is 23.4 Å². The van der Waals surface area contributed by atoms with Crippen LogP contribution in [0.25, 0.3) is 11.5 Å². The molecule has 1 unspecified atom stereocenters. The van der Waals surface area contributed by atoms with Crippen molar-refractivity contribution in [3.63, 3.8) is 0 Å². The predicted octanol–water partition coefficient (Wildman–Crippen LogP) is 1.71. The maximum Gasteiger partial charge on any atom is 0.268 e. The van der Waals surface area contributed by atoms with Gasteiger partial charge in [0.2, 0.25) is 5.95 Å². The maximum atomic E-state index is 11.4. The van der Waals surface area contributed by atoms with Crippen LogP contribution in [0.15, 0.2) is 27.8 Å². The zero-order chi connectivity index (χ0) is 11.7. The van der Waals surface area contributed by atoms with Crippen LogP contribution in [0.3, 0.4) is 0 Å². The van der Waals surface area contributed by atoms with Gasteiger partial charge in [0.05, 0.1) is 6.26 Å². The van der Waals surface area contributed by atoms with Gasteiger partial charge < -0.3 is 14.7 Å². The highest BCUT2D eigenvalue weighted by atomic mass is 35.5. The van der Waals surface area contributed by atoms with Crippen molar-refractivity contribution < 1.29 is 8.97 Å². The van der Waals surface area contributed by atoms with Crippen molar-refractivity contribution in [1.29, 1.82) is 0 Å². The summed E-state index contributed by atoms with van der Waals surface area (Å²) in [4.78, 5) is 7.80. The van der Waals surface area contributed by atoms with Crippen LogP contribution in [0, 0.1) is 0 Å². The summed E-state index contributed by atoms with van der Waals surface area (Å²) in [7, 11) is 0. The largest absolute Gasteiger partial charge is 0.610 e. The molecule has 0 aliphatic carbocycles. The number of nitrogens with zero attached hydrogens (tertiary/aromatic N) is 2. The summed E-state index contributed by atoms with van der Waals surface area (Å²) in [6.07, 6.45) is 2.96. The van der Waals surface area contributed by atoms with Gasteiger partial charge in [-0.25, -0.2) is 4.98 Å². The Morgan fingerprint density at radius 1 is 1.50 bits per heavy atom. The normalized spacial score (nSPS) is 12.7. The minimum Gasteiger partial charge on any atom is -0.610 e. The number of aromatic nitrogens is 2. The van der Waals surface area contributed by atoms with Gasteiger partial charge in [-0.1, -0.05) is 11.6 Å². The Hall–Kier alpha value is -1.24. The Labute approximate surface area is 99.8 Å². The summed E-state index contributed by atoms with van der Waals surface area (Å²) in [6, 6.07) is 3.39. The van der Waals surface area contributed by atoms with E-state index in [0.29, 0.717) is 11.5 Å². The van der Waals surface area contributed by atoms with E-state index < -0.39 is 11.2 Å². The third-order valence-electron chi connectivity index (χ3n) is 1.86. The molecule has 0 spiro atoms. The molecule has 2 rings (SSSR count). The number of hydrogen-bond acceptors (Lipinski definition) is 5. The minimum atomic E-state index is -1.33. The number of rotatable bonds is 2. The van der Waals surface area contributed by atoms with Gasteiger partial charge in [-0.3, -0.25) is 0 Å². The Balaban J connectivity index is 2.62. The van der Waals surface area contributed by atoms with E-state index in [4.69, 9.17) is 21.8 Å². The molecule has 0 radical (unpaired) electrons. The third-order valence-corrected chi connectivity index (χ3v) is 3.18. The first-order valence-electron chi connectivity index (χ1n) is 4.30. The smallest absolute Gasteiger partial charge is 0.268 e. The van der Waals surface area contributed by atoms with Gasteiger partial charge in [0.1, 0.15) is 17.0 Å². The first-order chi connectivity index (χ1) is 7.59. The zero-order valence-electron chi connectivity index (χ0n) is 8.31. The van der Waals surface area contributed by atoms with Gasteiger partial charge in [-0.05, 0) is 12.1 Å². The van der Waals surface area contributed by atoms with Crippen molar-refractivity contribution in [3.8, 4) is 11.5 Å². The Morgan fingerprint density at radius 2 is 2.25 bits per heavy atom. The fourth-order valence-electron chi connectivity index (χ4n) is 1.21. The molecular weight excluding hydrogens is 250 g/mol. The van der Waals surface area contributed by atoms with Gasteiger partial charge in [-0.2, -0.15) is 4.98 Å². The Kier molecular flexibility index (Phi) is 3.04. The average Bonchev–Trinajstić information content (AvgIpc) is 2.73. The molecule has 84 valence electrons. The molecule has 0 amide bonds. The molecule has 0 aliphatic heterocycles.